The minimum absolute atomic E-state index is 0.0233. The zero-order valence-electron chi connectivity index (χ0n) is 18.0. The van der Waals surface area contributed by atoms with Crippen molar-refractivity contribution >= 4 is 15.9 Å². The average Bonchev–Trinajstić information content (AvgIpc) is 3.09. The maximum Gasteiger partial charge on any atom is 0.316 e. The number of hydrogen-bond donors (Lipinski definition) is 1. The van der Waals surface area contributed by atoms with Crippen LogP contribution in [0, 0.1) is 6.92 Å². The first kappa shape index (κ1) is 22.0. The molecule has 0 bridgehead atoms. The second kappa shape index (κ2) is 9.48. The van der Waals surface area contributed by atoms with Gasteiger partial charge in [-0.15, -0.1) is 0 Å². The second-order valence-corrected chi connectivity index (χ2v) is 10.2. The molecule has 1 aliphatic heterocycles. The summed E-state index contributed by atoms with van der Waals surface area (Å²) in [6.45, 7) is 3.15. The number of amides is 1. The van der Waals surface area contributed by atoms with Crippen molar-refractivity contribution in [2.45, 2.75) is 75.6 Å². The Bertz CT molecular complexity index is 1020. The highest BCUT2D eigenvalue weighted by molar-refractivity contribution is 7.89. The molecule has 168 valence electrons. The molecule has 1 N–H and O–H groups in total. The number of nitrogens with zero attached hydrogens (tertiary/aromatic N) is 3. The Morgan fingerprint density at radius 2 is 1.74 bits per heavy atom. The molecule has 0 unspecified atom stereocenters. The highest BCUT2D eigenvalue weighted by atomic mass is 32.2. The van der Waals surface area contributed by atoms with Gasteiger partial charge in [0.15, 0.2) is 0 Å². The summed E-state index contributed by atoms with van der Waals surface area (Å²) in [6.07, 6.45) is 9.16. The van der Waals surface area contributed by atoms with E-state index in [9.17, 15) is 13.2 Å². The fourth-order valence-electron chi connectivity index (χ4n) is 4.37. The lowest BCUT2D eigenvalue weighted by molar-refractivity contribution is 0.0711. The highest BCUT2D eigenvalue weighted by Gasteiger charge is 2.26. The molecule has 8 nitrogen and oxygen atoms in total. The van der Waals surface area contributed by atoms with Gasteiger partial charge in [-0.1, -0.05) is 49.4 Å². The zero-order chi connectivity index (χ0) is 21.8. The monoisotopic (exact) mass is 446 g/mol. The van der Waals surface area contributed by atoms with Crippen LogP contribution in [0.3, 0.4) is 0 Å². The molecule has 2 fully saturated rings. The van der Waals surface area contributed by atoms with Gasteiger partial charge in [0.2, 0.25) is 15.8 Å². The molecule has 1 saturated carbocycles. The smallest absolute Gasteiger partial charge is 0.316 e. The average molecular weight is 447 g/mol. The molecule has 0 radical (unpaired) electrons. The molecule has 4 rings (SSSR count). The normalized spacial score (nSPS) is 18.7. The predicted molar refractivity (Wildman–Crippen MR) is 116 cm³/mol. The summed E-state index contributed by atoms with van der Waals surface area (Å²) in [7, 11) is -3.66. The summed E-state index contributed by atoms with van der Waals surface area (Å²) >= 11 is 0. The maximum absolute atomic E-state index is 13.0. The van der Waals surface area contributed by atoms with E-state index in [4.69, 9.17) is 4.52 Å². The van der Waals surface area contributed by atoms with E-state index < -0.39 is 10.0 Å². The van der Waals surface area contributed by atoms with Crippen molar-refractivity contribution in [1.82, 2.24) is 19.8 Å². The Morgan fingerprint density at radius 3 is 2.45 bits per heavy atom. The molecule has 2 aliphatic rings. The fourth-order valence-corrected chi connectivity index (χ4v) is 5.94. The van der Waals surface area contributed by atoms with Crippen molar-refractivity contribution in [2.75, 3.05) is 13.1 Å². The Hall–Kier alpha value is -2.26. The lowest BCUT2D eigenvalue weighted by Gasteiger charge is -2.23. The molecular weight excluding hydrogens is 416 g/mol. The van der Waals surface area contributed by atoms with E-state index in [2.05, 4.69) is 14.9 Å². The van der Waals surface area contributed by atoms with Gasteiger partial charge in [-0.3, -0.25) is 4.79 Å². The van der Waals surface area contributed by atoms with Gasteiger partial charge in [0.25, 0.3) is 0 Å². The van der Waals surface area contributed by atoms with Crippen molar-refractivity contribution in [3.05, 3.63) is 29.7 Å². The first-order valence-electron chi connectivity index (χ1n) is 11.2. The Morgan fingerprint density at radius 1 is 1.06 bits per heavy atom. The van der Waals surface area contributed by atoms with Crippen molar-refractivity contribution < 1.29 is 17.7 Å². The number of benzene rings is 1. The minimum atomic E-state index is -3.66. The van der Waals surface area contributed by atoms with Crippen LogP contribution < -0.4 is 4.72 Å². The largest absolute Gasteiger partial charge is 0.334 e. The third-order valence-corrected chi connectivity index (χ3v) is 7.83. The lowest BCUT2D eigenvalue weighted by atomic mass is 9.96. The van der Waals surface area contributed by atoms with Gasteiger partial charge in [-0.05, 0) is 44.2 Å². The Kier molecular flexibility index (Phi) is 6.71. The first-order valence-corrected chi connectivity index (χ1v) is 12.7. The molecule has 0 spiro atoms. The molecule has 1 aromatic heterocycles. The lowest BCUT2D eigenvalue weighted by Crippen LogP contribution is -2.36. The molecule has 1 amide bonds. The van der Waals surface area contributed by atoms with E-state index in [1.807, 2.05) is 0 Å². The van der Waals surface area contributed by atoms with Crippen LogP contribution in [-0.2, 0) is 10.0 Å². The van der Waals surface area contributed by atoms with Gasteiger partial charge >= 0.3 is 11.8 Å². The predicted octanol–water partition coefficient (Wildman–Crippen LogP) is 3.67. The summed E-state index contributed by atoms with van der Waals surface area (Å²) < 4.78 is 34.1. The van der Waals surface area contributed by atoms with Crippen LogP contribution in [0.4, 0.5) is 0 Å². The molecule has 2 heterocycles. The fraction of sp³-hybridized carbons (Fsp3) is 0.591. The molecule has 2 aromatic rings. The van der Waals surface area contributed by atoms with Crippen LogP contribution in [0.15, 0.2) is 27.6 Å². The number of rotatable bonds is 5. The van der Waals surface area contributed by atoms with Gasteiger partial charge in [-0.25, -0.2) is 13.1 Å². The number of sulfonamides is 1. The number of carbonyl (C=O) groups is 1. The quantitative estimate of drug-likeness (QED) is 0.751. The maximum atomic E-state index is 13.0. The van der Waals surface area contributed by atoms with E-state index in [1.165, 1.54) is 0 Å². The summed E-state index contributed by atoms with van der Waals surface area (Å²) in [5.74, 6) is -0.103. The van der Waals surface area contributed by atoms with Crippen LogP contribution in [0.2, 0.25) is 0 Å². The van der Waals surface area contributed by atoms with Crippen molar-refractivity contribution in [3.63, 3.8) is 0 Å². The summed E-state index contributed by atoms with van der Waals surface area (Å²) in [5, 5.41) is 3.95. The molecule has 31 heavy (non-hydrogen) atoms. The number of aromatic nitrogens is 2. The second-order valence-electron chi connectivity index (χ2n) is 8.57. The first-order chi connectivity index (χ1) is 14.9. The summed E-state index contributed by atoms with van der Waals surface area (Å²) in [6, 6.07) is 5.02. The van der Waals surface area contributed by atoms with Crippen LogP contribution in [0.5, 0.6) is 0 Å². The molecule has 0 atom stereocenters. The van der Waals surface area contributed by atoms with Crippen molar-refractivity contribution in [1.29, 1.82) is 0 Å². The van der Waals surface area contributed by atoms with E-state index in [0.717, 1.165) is 57.8 Å². The SMILES string of the molecule is Cc1ccc(-c2noc(C(=O)N3CCCCCC3)n2)cc1S(=O)(=O)NC1CCCCC1. The van der Waals surface area contributed by atoms with E-state index in [1.54, 1.807) is 30.0 Å². The zero-order valence-corrected chi connectivity index (χ0v) is 18.8. The Balaban J connectivity index is 1.55. The molecular formula is C22H30N4O4S. The van der Waals surface area contributed by atoms with E-state index in [-0.39, 0.29) is 28.6 Å². The van der Waals surface area contributed by atoms with Crippen LogP contribution >= 0.6 is 0 Å². The standard InChI is InChI=1S/C22H30N4O4S/c1-16-11-12-17(15-19(16)31(28,29)25-18-9-5-4-6-10-18)20-23-21(30-24-20)22(27)26-13-7-2-3-8-14-26/h11-12,15,18,25H,2-10,13-14H2,1H3. The topological polar surface area (TPSA) is 105 Å². The van der Waals surface area contributed by atoms with Gasteiger partial charge in [0.05, 0.1) is 4.90 Å². The molecule has 1 saturated heterocycles. The van der Waals surface area contributed by atoms with E-state index in [0.29, 0.717) is 24.2 Å². The minimum Gasteiger partial charge on any atom is -0.334 e. The number of hydrogen-bond acceptors (Lipinski definition) is 6. The van der Waals surface area contributed by atoms with Gasteiger partial charge in [-0.2, -0.15) is 4.98 Å². The van der Waals surface area contributed by atoms with Gasteiger partial charge in [0, 0.05) is 24.7 Å². The van der Waals surface area contributed by atoms with Crippen LogP contribution in [-0.4, -0.2) is 48.5 Å². The van der Waals surface area contributed by atoms with Gasteiger partial charge < -0.3 is 9.42 Å². The summed E-state index contributed by atoms with van der Waals surface area (Å²) in [5.41, 5.74) is 1.16. The number of carbonyl (C=O) groups excluding carboxylic acids is 1. The molecule has 1 aromatic carbocycles. The number of aryl methyl sites for hydroxylation is 1. The Labute approximate surface area is 183 Å². The van der Waals surface area contributed by atoms with E-state index >= 15 is 0 Å². The van der Waals surface area contributed by atoms with Crippen LogP contribution in [0.1, 0.15) is 74.0 Å². The van der Waals surface area contributed by atoms with Gasteiger partial charge in [0.1, 0.15) is 0 Å². The third kappa shape index (κ3) is 5.15. The van der Waals surface area contributed by atoms with Crippen molar-refractivity contribution in [2.24, 2.45) is 0 Å². The number of likely N-dealkylation sites (tertiary alicyclic amines) is 1. The highest BCUT2D eigenvalue weighted by Crippen LogP contribution is 2.26. The van der Waals surface area contributed by atoms with Crippen molar-refractivity contribution in [3.8, 4) is 11.4 Å². The summed E-state index contributed by atoms with van der Waals surface area (Å²) in [4.78, 5) is 19.0. The van der Waals surface area contributed by atoms with Crippen LogP contribution in [0.25, 0.3) is 11.4 Å². The molecule has 1 aliphatic carbocycles. The third-order valence-electron chi connectivity index (χ3n) is 6.17. The number of nitrogens with one attached hydrogen (secondary N) is 1. The molecule has 9 heteroatoms.